The molecule has 0 bridgehead atoms. The van der Waals surface area contributed by atoms with Crippen LogP contribution in [0.2, 0.25) is 0 Å². The van der Waals surface area contributed by atoms with Crippen molar-refractivity contribution >= 4 is 11.9 Å². The molecule has 0 aliphatic heterocycles. The zero-order chi connectivity index (χ0) is 30.9. The second-order valence-electron chi connectivity index (χ2n) is 10.1. The maximum Gasteiger partial charge on any atom is 0.308 e. The van der Waals surface area contributed by atoms with Gasteiger partial charge in [0.1, 0.15) is 11.5 Å². The number of benzene rings is 3. The third kappa shape index (κ3) is 8.06. The molecule has 1 heterocycles. The van der Waals surface area contributed by atoms with Crippen LogP contribution in [0.5, 0.6) is 5.75 Å². The van der Waals surface area contributed by atoms with Crippen LogP contribution >= 0.6 is 0 Å². The number of carbonyl (C=O) groups excluding carboxylic acids is 2. The van der Waals surface area contributed by atoms with Crippen LogP contribution in [0, 0.1) is 11.6 Å². The van der Waals surface area contributed by atoms with Gasteiger partial charge in [0.15, 0.2) is 11.6 Å². The molecule has 43 heavy (non-hydrogen) atoms. The molecule has 4 rings (SSSR count). The van der Waals surface area contributed by atoms with Crippen molar-refractivity contribution in [3.8, 4) is 28.0 Å². The predicted octanol–water partition coefficient (Wildman–Crippen LogP) is 5.17. The van der Waals surface area contributed by atoms with Crippen LogP contribution in [0.4, 0.5) is 8.78 Å². The number of aromatic nitrogens is 1. The number of ether oxygens (including phenoxy) is 2. The van der Waals surface area contributed by atoms with Crippen LogP contribution in [0.15, 0.2) is 72.8 Å². The number of methoxy groups -OCH3 is 2. The van der Waals surface area contributed by atoms with Crippen molar-refractivity contribution in [1.29, 1.82) is 0 Å². The van der Waals surface area contributed by atoms with Crippen molar-refractivity contribution in [3.63, 3.8) is 0 Å². The fraction of sp³-hybridized carbons (Fsp3) is 0.273. The lowest BCUT2D eigenvalue weighted by molar-refractivity contribution is -0.143. The van der Waals surface area contributed by atoms with E-state index in [4.69, 9.17) is 4.74 Å². The van der Waals surface area contributed by atoms with Crippen LogP contribution in [0.1, 0.15) is 41.0 Å². The Kier molecular flexibility index (Phi) is 10.6. The lowest BCUT2D eigenvalue weighted by Crippen LogP contribution is -2.24. The average Bonchev–Trinajstić information content (AvgIpc) is 3.39. The molecule has 0 aliphatic carbocycles. The number of halogens is 2. The standard InChI is InChI=1S/C33H34F2N2O6/c1-42-28-16-20(8-14-26(28)35)19-36-33(41)32-31(21-6-4-3-5-7-21)30(22-9-11-23(34)12-10-22)27(37-32)15-13-24(38)17-25(39)18-29(40)43-2/h3-12,14,16,24-25,37-39H,13,15,17-19H2,1-2H3,(H,36,41)/t24-,25-/m1/s1. The largest absolute Gasteiger partial charge is 0.494 e. The first-order valence-corrected chi connectivity index (χ1v) is 13.8. The summed E-state index contributed by atoms with van der Waals surface area (Å²) in [6, 6.07) is 19.5. The summed E-state index contributed by atoms with van der Waals surface area (Å²) in [6.07, 6.45) is -1.82. The number of hydrogen-bond acceptors (Lipinski definition) is 6. The molecule has 1 amide bonds. The van der Waals surface area contributed by atoms with Crippen LogP contribution in [0.25, 0.3) is 22.3 Å². The average molecular weight is 593 g/mol. The third-order valence-electron chi connectivity index (χ3n) is 7.07. The topological polar surface area (TPSA) is 121 Å². The van der Waals surface area contributed by atoms with E-state index in [9.17, 15) is 28.6 Å². The summed E-state index contributed by atoms with van der Waals surface area (Å²) in [4.78, 5) is 28.4. The zero-order valence-corrected chi connectivity index (χ0v) is 23.9. The van der Waals surface area contributed by atoms with Crippen LogP contribution in [-0.4, -0.2) is 53.5 Å². The molecule has 1 aromatic heterocycles. The minimum atomic E-state index is -1.08. The number of aryl methyl sites for hydroxylation is 1. The molecule has 3 aromatic carbocycles. The van der Waals surface area contributed by atoms with Gasteiger partial charge in [-0.2, -0.15) is 0 Å². The predicted molar refractivity (Wildman–Crippen MR) is 157 cm³/mol. The van der Waals surface area contributed by atoms with E-state index < -0.39 is 35.7 Å². The summed E-state index contributed by atoms with van der Waals surface area (Å²) in [5, 5.41) is 23.7. The smallest absolute Gasteiger partial charge is 0.308 e. The van der Waals surface area contributed by atoms with E-state index in [1.54, 1.807) is 18.2 Å². The molecule has 0 aliphatic rings. The Morgan fingerprint density at radius 3 is 2.28 bits per heavy atom. The van der Waals surface area contributed by atoms with Crippen molar-refractivity contribution in [3.05, 3.63) is 101 Å². The molecular weight excluding hydrogens is 558 g/mol. The Hall–Kier alpha value is -4.54. The number of amides is 1. The molecule has 0 unspecified atom stereocenters. The zero-order valence-electron chi connectivity index (χ0n) is 23.9. The third-order valence-corrected chi connectivity index (χ3v) is 7.07. The molecule has 0 radical (unpaired) electrons. The van der Waals surface area contributed by atoms with Crippen molar-refractivity contribution in [2.75, 3.05) is 14.2 Å². The molecular formula is C33H34F2N2O6. The normalized spacial score (nSPS) is 12.4. The number of aliphatic hydroxyl groups excluding tert-OH is 2. The Balaban J connectivity index is 1.69. The van der Waals surface area contributed by atoms with Gasteiger partial charge in [-0.15, -0.1) is 0 Å². The maximum atomic E-state index is 13.9. The Labute approximate surface area is 248 Å². The Bertz CT molecular complexity index is 1540. The first-order valence-electron chi connectivity index (χ1n) is 13.8. The molecule has 2 atom stereocenters. The van der Waals surface area contributed by atoms with Crippen molar-refractivity contribution in [2.45, 2.75) is 44.4 Å². The quantitative estimate of drug-likeness (QED) is 0.159. The number of nitrogens with one attached hydrogen (secondary N) is 2. The molecule has 4 N–H and O–H groups in total. The van der Waals surface area contributed by atoms with E-state index in [1.807, 2.05) is 30.3 Å². The number of aromatic amines is 1. The molecule has 10 heteroatoms. The highest BCUT2D eigenvalue weighted by Crippen LogP contribution is 2.39. The van der Waals surface area contributed by atoms with Gasteiger partial charge in [0, 0.05) is 23.4 Å². The van der Waals surface area contributed by atoms with Gasteiger partial charge in [-0.1, -0.05) is 48.5 Å². The van der Waals surface area contributed by atoms with E-state index in [0.29, 0.717) is 27.9 Å². The van der Waals surface area contributed by atoms with Gasteiger partial charge in [0.25, 0.3) is 5.91 Å². The molecule has 0 spiro atoms. The molecule has 4 aromatic rings. The van der Waals surface area contributed by atoms with Crippen molar-refractivity contribution < 1.29 is 38.1 Å². The molecule has 0 saturated heterocycles. The number of hydrogen-bond donors (Lipinski definition) is 4. The van der Waals surface area contributed by atoms with Crippen LogP contribution in [-0.2, 0) is 22.5 Å². The maximum absolute atomic E-state index is 13.9. The van der Waals surface area contributed by atoms with E-state index in [1.165, 1.54) is 38.5 Å². The number of aliphatic hydroxyl groups is 2. The van der Waals surface area contributed by atoms with E-state index >= 15 is 0 Å². The second kappa shape index (κ2) is 14.6. The van der Waals surface area contributed by atoms with Gasteiger partial charge < -0.3 is 30.0 Å². The summed E-state index contributed by atoms with van der Waals surface area (Å²) < 4.78 is 37.4. The van der Waals surface area contributed by atoms with Gasteiger partial charge in [-0.05, 0) is 60.2 Å². The van der Waals surface area contributed by atoms with Crippen LogP contribution in [0.3, 0.4) is 0 Å². The number of rotatable bonds is 13. The molecule has 226 valence electrons. The number of esters is 1. The SMILES string of the molecule is COC(=O)C[C@H](O)C[C@H](O)CCc1[nH]c(C(=O)NCc2ccc(F)c(OC)c2)c(-c2ccccc2)c1-c1ccc(F)cc1. The Morgan fingerprint density at radius 2 is 1.60 bits per heavy atom. The first kappa shape index (κ1) is 31.4. The fourth-order valence-corrected chi connectivity index (χ4v) is 4.92. The van der Waals surface area contributed by atoms with Gasteiger partial charge in [0.2, 0.25) is 0 Å². The highest BCUT2D eigenvalue weighted by molar-refractivity contribution is 6.04. The molecule has 0 saturated carbocycles. The highest BCUT2D eigenvalue weighted by atomic mass is 19.1. The van der Waals surface area contributed by atoms with Gasteiger partial charge >= 0.3 is 5.97 Å². The molecule has 8 nitrogen and oxygen atoms in total. The van der Waals surface area contributed by atoms with Crippen LogP contribution < -0.4 is 10.1 Å². The lowest BCUT2D eigenvalue weighted by Gasteiger charge is -2.15. The summed E-state index contributed by atoms with van der Waals surface area (Å²) in [5.41, 5.74) is 4.18. The van der Waals surface area contributed by atoms with Crippen molar-refractivity contribution in [1.82, 2.24) is 10.3 Å². The second-order valence-corrected chi connectivity index (χ2v) is 10.1. The highest BCUT2D eigenvalue weighted by Gasteiger charge is 2.25. The number of carbonyl (C=O) groups is 2. The summed E-state index contributed by atoms with van der Waals surface area (Å²) >= 11 is 0. The summed E-state index contributed by atoms with van der Waals surface area (Å²) in [7, 11) is 2.59. The number of H-pyrrole nitrogens is 1. The lowest BCUT2D eigenvalue weighted by atomic mass is 9.92. The van der Waals surface area contributed by atoms with E-state index in [2.05, 4.69) is 15.0 Å². The minimum Gasteiger partial charge on any atom is -0.494 e. The van der Waals surface area contributed by atoms with Gasteiger partial charge in [0.05, 0.1) is 32.8 Å². The van der Waals surface area contributed by atoms with Gasteiger partial charge in [-0.3, -0.25) is 9.59 Å². The summed E-state index contributed by atoms with van der Waals surface area (Å²) in [6.45, 7) is 0.0980. The first-order chi connectivity index (χ1) is 20.7. The monoisotopic (exact) mass is 592 g/mol. The fourth-order valence-electron chi connectivity index (χ4n) is 4.92. The van der Waals surface area contributed by atoms with E-state index in [0.717, 1.165) is 5.56 Å². The summed E-state index contributed by atoms with van der Waals surface area (Å²) in [5.74, 6) is -1.87. The van der Waals surface area contributed by atoms with Crippen molar-refractivity contribution in [2.24, 2.45) is 0 Å². The molecule has 0 fully saturated rings. The van der Waals surface area contributed by atoms with E-state index in [-0.39, 0.29) is 43.7 Å². The Morgan fingerprint density at radius 1 is 0.907 bits per heavy atom. The minimum absolute atomic E-state index is 0.0400. The van der Waals surface area contributed by atoms with Gasteiger partial charge in [-0.25, -0.2) is 8.78 Å².